The molecule has 0 saturated heterocycles. The van der Waals surface area contributed by atoms with Gasteiger partial charge in [0, 0.05) is 4.90 Å². The lowest BCUT2D eigenvalue weighted by molar-refractivity contribution is 1.55. The Bertz CT molecular complexity index is 452. The van der Waals surface area contributed by atoms with E-state index in [-0.39, 0.29) is 0 Å². The van der Waals surface area contributed by atoms with Gasteiger partial charge in [0.25, 0.3) is 0 Å². The van der Waals surface area contributed by atoms with Crippen molar-refractivity contribution in [2.24, 2.45) is 0 Å². The molecule has 0 N–H and O–H groups in total. The van der Waals surface area contributed by atoms with Gasteiger partial charge in [-0.2, -0.15) is 0 Å². The van der Waals surface area contributed by atoms with Crippen LogP contribution in [0.5, 0.6) is 0 Å². The highest BCUT2D eigenvalue weighted by Gasteiger charge is 1.97. The average Bonchev–Trinajstić information content (AvgIpc) is 2.26. The van der Waals surface area contributed by atoms with Crippen LogP contribution in [0.15, 0.2) is 58.8 Å². The zero-order valence-electron chi connectivity index (χ0n) is 8.10. The Kier molecular flexibility index (Phi) is 2.90. The molecule has 0 saturated carbocycles. The Balaban J connectivity index is 2.53. The van der Waals surface area contributed by atoms with E-state index in [1.54, 1.807) is 11.8 Å². The lowest BCUT2D eigenvalue weighted by Gasteiger charge is -2.02. The molecule has 14 heavy (non-hydrogen) atoms. The number of hydrogen-bond acceptors (Lipinski definition) is 1. The summed E-state index contributed by atoms with van der Waals surface area (Å²) in [5.74, 6) is 0. The van der Waals surface area contributed by atoms with Crippen LogP contribution in [-0.2, 0) is 0 Å². The van der Waals surface area contributed by atoms with Crippen LogP contribution >= 0.6 is 11.8 Å². The minimum atomic E-state index is 1.31. The molecule has 0 nitrogen and oxygen atoms in total. The second-order valence-corrected chi connectivity index (χ2v) is 4.01. The average molecular weight is 200 g/mol. The molecule has 0 aliphatic heterocycles. The second kappa shape index (κ2) is 4.34. The molecule has 2 aromatic carbocycles. The van der Waals surface area contributed by atoms with E-state index in [4.69, 9.17) is 0 Å². The third-order valence-corrected chi connectivity index (χ3v) is 3.10. The van der Waals surface area contributed by atoms with E-state index in [9.17, 15) is 0 Å². The quantitative estimate of drug-likeness (QED) is 0.645. The first kappa shape index (κ1) is 9.35. The fourth-order valence-corrected chi connectivity index (χ4v) is 2.19. The van der Waals surface area contributed by atoms with E-state index in [2.05, 4.69) is 53.9 Å². The van der Waals surface area contributed by atoms with Crippen LogP contribution in [0.4, 0.5) is 0 Å². The minimum absolute atomic E-state index is 1.31. The molecular formula is C13H12S. The van der Waals surface area contributed by atoms with E-state index in [1.165, 1.54) is 15.7 Å². The van der Waals surface area contributed by atoms with Crippen LogP contribution in [-0.4, -0.2) is 0 Å². The minimum Gasteiger partial charge on any atom is -0.0978 e. The zero-order chi connectivity index (χ0) is 9.80. The summed E-state index contributed by atoms with van der Waals surface area (Å²) < 4.78 is 0. The van der Waals surface area contributed by atoms with Gasteiger partial charge in [0.1, 0.15) is 0 Å². The van der Waals surface area contributed by atoms with Crippen molar-refractivity contribution in [3.63, 3.8) is 0 Å². The highest BCUT2D eigenvalue weighted by molar-refractivity contribution is 8.02. The van der Waals surface area contributed by atoms with Crippen molar-refractivity contribution in [2.75, 3.05) is 0 Å². The number of hydrogen-bond donors (Lipinski definition) is 0. The van der Waals surface area contributed by atoms with Crippen LogP contribution in [0.25, 0.3) is 10.8 Å². The number of thioether (sulfide) groups is 1. The Hall–Kier alpha value is -1.21. The number of fused-ring (bicyclic) bond motifs is 1. The predicted molar refractivity (Wildman–Crippen MR) is 64.6 cm³/mol. The molecule has 0 aliphatic carbocycles. The van der Waals surface area contributed by atoms with Crippen molar-refractivity contribution in [2.45, 2.75) is 11.8 Å². The number of allylic oxidation sites excluding steroid dienone is 1. The fraction of sp³-hybridized carbons (Fsp3) is 0.0769. The topological polar surface area (TPSA) is 0 Å². The summed E-state index contributed by atoms with van der Waals surface area (Å²) in [4.78, 5) is 1.32. The van der Waals surface area contributed by atoms with Crippen molar-refractivity contribution < 1.29 is 0 Å². The molecule has 0 heterocycles. The molecule has 0 radical (unpaired) electrons. The van der Waals surface area contributed by atoms with E-state index >= 15 is 0 Å². The molecule has 0 fully saturated rings. The van der Waals surface area contributed by atoms with Crippen LogP contribution in [0, 0.1) is 0 Å². The maximum Gasteiger partial charge on any atom is 0.0194 e. The van der Waals surface area contributed by atoms with E-state index in [0.717, 1.165) is 0 Å². The molecule has 70 valence electrons. The molecule has 0 atom stereocenters. The van der Waals surface area contributed by atoms with E-state index in [1.807, 2.05) is 6.92 Å². The van der Waals surface area contributed by atoms with Gasteiger partial charge in [0.05, 0.1) is 0 Å². The smallest absolute Gasteiger partial charge is 0.0194 e. The molecule has 0 spiro atoms. The Morgan fingerprint density at radius 1 is 1.00 bits per heavy atom. The molecule has 0 unspecified atom stereocenters. The number of rotatable bonds is 2. The van der Waals surface area contributed by atoms with E-state index < -0.39 is 0 Å². The molecule has 0 aromatic heterocycles. The SMILES string of the molecule is C/C=C\Sc1cccc2ccccc12. The summed E-state index contributed by atoms with van der Waals surface area (Å²) >= 11 is 1.77. The van der Waals surface area contributed by atoms with Crippen molar-refractivity contribution in [1.82, 2.24) is 0 Å². The molecular weight excluding hydrogens is 188 g/mol. The van der Waals surface area contributed by atoms with Gasteiger partial charge in [-0.05, 0) is 29.2 Å². The van der Waals surface area contributed by atoms with Crippen molar-refractivity contribution in [3.8, 4) is 0 Å². The largest absolute Gasteiger partial charge is 0.0978 e. The highest BCUT2D eigenvalue weighted by atomic mass is 32.2. The first-order valence-corrected chi connectivity index (χ1v) is 5.55. The maximum atomic E-state index is 2.17. The van der Waals surface area contributed by atoms with Crippen LogP contribution in [0.1, 0.15) is 6.92 Å². The van der Waals surface area contributed by atoms with Gasteiger partial charge in [0.2, 0.25) is 0 Å². The lowest BCUT2D eigenvalue weighted by Crippen LogP contribution is -1.74. The molecule has 1 heteroatoms. The summed E-state index contributed by atoms with van der Waals surface area (Å²) in [5, 5.41) is 4.75. The van der Waals surface area contributed by atoms with Crippen molar-refractivity contribution in [3.05, 3.63) is 53.9 Å². The normalized spacial score (nSPS) is 11.2. The Morgan fingerprint density at radius 2 is 1.79 bits per heavy atom. The first-order valence-electron chi connectivity index (χ1n) is 4.67. The molecule has 2 aromatic rings. The lowest BCUT2D eigenvalue weighted by atomic mass is 10.1. The summed E-state index contributed by atoms with van der Waals surface area (Å²) in [6.45, 7) is 2.04. The van der Waals surface area contributed by atoms with Gasteiger partial charge in [0.15, 0.2) is 0 Å². The first-order chi connectivity index (χ1) is 6.92. The van der Waals surface area contributed by atoms with E-state index in [0.29, 0.717) is 0 Å². The van der Waals surface area contributed by atoms with Gasteiger partial charge >= 0.3 is 0 Å². The van der Waals surface area contributed by atoms with Gasteiger partial charge in [-0.1, -0.05) is 54.2 Å². The zero-order valence-corrected chi connectivity index (χ0v) is 8.92. The van der Waals surface area contributed by atoms with Gasteiger partial charge in [-0.3, -0.25) is 0 Å². The van der Waals surface area contributed by atoms with Crippen molar-refractivity contribution in [1.29, 1.82) is 0 Å². The monoisotopic (exact) mass is 200 g/mol. The number of benzene rings is 2. The maximum absolute atomic E-state index is 2.17. The summed E-state index contributed by atoms with van der Waals surface area (Å²) in [6.07, 6.45) is 2.06. The summed E-state index contributed by atoms with van der Waals surface area (Å²) in [5.41, 5.74) is 0. The van der Waals surface area contributed by atoms with Gasteiger partial charge < -0.3 is 0 Å². The Morgan fingerprint density at radius 3 is 2.64 bits per heavy atom. The highest BCUT2D eigenvalue weighted by Crippen LogP contribution is 2.28. The third-order valence-electron chi connectivity index (χ3n) is 2.08. The standard InChI is InChI=1S/C13H12S/c1-2-10-14-13-9-5-7-11-6-3-4-8-12(11)13/h2-10H,1H3/b10-2-. The van der Waals surface area contributed by atoms with Crippen LogP contribution < -0.4 is 0 Å². The Labute approximate surface area is 88.6 Å². The molecule has 0 amide bonds. The van der Waals surface area contributed by atoms with Crippen LogP contribution in [0.3, 0.4) is 0 Å². The van der Waals surface area contributed by atoms with Crippen LogP contribution in [0.2, 0.25) is 0 Å². The predicted octanol–water partition coefficient (Wildman–Crippen LogP) is 4.47. The molecule has 0 bridgehead atoms. The molecule has 0 aliphatic rings. The van der Waals surface area contributed by atoms with Gasteiger partial charge in [-0.25, -0.2) is 0 Å². The third kappa shape index (κ3) is 1.83. The fourth-order valence-electron chi connectivity index (χ4n) is 1.44. The van der Waals surface area contributed by atoms with Gasteiger partial charge in [-0.15, -0.1) is 0 Å². The summed E-state index contributed by atoms with van der Waals surface area (Å²) in [7, 11) is 0. The second-order valence-electron chi connectivity index (χ2n) is 3.06. The molecule has 2 rings (SSSR count). The van der Waals surface area contributed by atoms with Crippen molar-refractivity contribution >= 4 is 22.5 Å². The summed E-state index contributed by atoms with van der Waals surface area (Å²) in [6, 6.07) is 14.9.